The molecule has 7 heteroatoms. The summed E-state index contributed by atoms with van der Waals surface area (Å²) < 4.78 is 32.3. The predicted octanol–water partition coefficient (Wildman–Crippen LogP) is 1.30. The first-order chi connectivity index (χ1) is 10.3. The summed E-state index contributed by atoms with van der Waals surface area (Å²) in [7, 11) is -3.55. The molecule has 0 atom stereocenters. The summed E-state index contributed by atoms with van der Waals surface area (Å²) in [6.07, 6.45) is 0.747. The standard InChI is InChI=1S/C15H22N2O4S/c1-11(2)21-9-7-16-22(19,20)14-4-5-15-13(10-14)6-8-17(15)12(3)18/h4-5,10-11,16H,6-9H2,1-3H3. The zero-order chi connectivity index (χ0) is 16.3. The van der Waals surface area contributed by atoms with Gasteiger partial charge in [-0.1, -0.05) is 0 Å². The smallest absolute Gasteiger partial charge is 0.240 e. The Bertz CT molecular complexity index is 656. The lowest BCUT2D eigenvalue weighted by molar-refractivity contribution is -0.116. The molecule has 1 aliphatic rings. The number of nitrogens with zero attached hydrogens (tertiary/aromatic N) is 1. The molecule has 22 heavy (non-hydrogen) atoms. The summed E-state index contributed by atoms with van der Waals surface area (Å²) in [5.74, 6) is -0.0293. The Balaban J connectivity index is 2.08. The Kier molecular flexibility index (Phi) is 5.20. The highest BCUT2D eigenvalue weighted by atomic mass is 32.2. The van der Waals surface area contributed by atoms with Crippen molar-refractivity contribution in [3.05, 3.63) is 23.8 Å². The molecule has 0 saturated carbocycles. The van der Waals surface area contributed by atoms with Crippen LogP contribution in [0.15, 0.2) is 23.1 Å². The van der Waals surface area contributed by atoms with Crippen LogP contribution in [0, 0.1) is 0 Å². The molecule has 0 radical (unpaired) electrons. The number of carbonyl (C=O) groups is 1. The van der Waals surface area contributed by atoms with E-state index < -0.39 is 10.0 Å². The molecular weight excluding hydrogens is 304 g/mol. The van der Waals surface area contributed by atoms with E-state index in [2.05, 4.69) is 4.72 Å². The van der Waals surface area contributed by atoms with Gasteiger partial charge in [0.15, 0.2) is 0 Å². The molecule has 0 aromatic heterocycles. The fourth-order valence-electron chi connectivity index (χ4n) is 2.43. The second-order valence-corrected chi connectivity index (χ2v) is 7.30. The maximum atomic E-state index is 12.2. The first-order valence-corrected chi connectivity index (χ1v) is 8.82. The first-order valence-electron chi connectivity index (χ1n) is 7.33. The van der Waals surface area contributed by atoms with E-state index in [0.717, 1.165) is 11.3 Å². The van der Waals surface area contributed by atoms with Crippen molar-refractivity contribution in [1.82, 2.24) is 4.72 Å². The lowest BCUT2D eigenvalue weighted by Gasteiger charge is -2.15. The Morgan fingerprint density at radius 2 is 2.14 bits per heavy atom. The Morgan fingerprint density at radius 1 is 1.41 bits per heavy atom. The monoisotopic (exact) mass is 326 g/mol. The molecule has 0 aliphatic carbocycles. The zero-order valence-electron chi connectivity index (χ0n) is 13.1. The van der Waals surface area contributed by atoms with Gasteiger partial charge in [0.2, 0.25) is 15.9 Å². The van der Waals surface area contributed by atoms with E-state index in [9.17, 15) is 13.2 Å². The van der Waals surface area contributed by atoms with Crippen LogP contribution in [0.25, 0.3) is 0 Å². The topological polar surface area (TPSA) is 75.7 Å². The number of anilines is 1. The minimum atomic E-state index is -3.55. The van der Waals surface area contributed by atoms with E-state index >= 15 is 0 Å². The fraction of sp³-hybridized carbons (Fsp3) is 0.533. The predicted molar refractivity (Wildman–Crippen MR) is 84.4 cm³/mol. The summed E-state index contributed by atoms with van der Waals surface area (Å²) in [5, 5.41) is 0. The van der Waals surface area contributed by atoms with Gasteiger partial charge in [-0.2, -0.15) is 0 Å². The van der Waals surface area contributed by atoms with Gasteiger partial charge < -0.3 is 9.64 Å². The van der Waals surface area contributed by atoms with Crippen LogP contribution >= 0.6 is 0 Å². The average Bonchev–Trinajstić information content (AvgIpc) is 2.86. The van der Waals surface area contributed by atoms with Gasteiger partial charge in [-0.15, -0.1) is 0 Å². The zero-order valence-corrected chi connectivity index (χ0v) is 13.9. The van der Waals surface area contributed by atoms with Crippen LogP contribution in [-0.2, 0) is 26.0 Å². The summed E-state index contributed by atoms with van der Waals surface area (Å²) in [6.45, 7) is 6.47. The van der Waals surface area contributed by atoms with Gasteiger partial charge in [-0.05, 0) is 44.0 Å². The van der Waals surface area contributed by atoms with Crippen molar-refractivity contribution in [3.8, 4) is 0 Å². The van der Waals surface area contributed by atoms with E-state index in [1.807, 2.05) is 13.8 Å². The van der Waals surface area contributed by atoms with Crippen LogP contribution in [0.3, 0.4) is 0 Å². The highest BCUT2D eigenvalue weighted by molar-refractivity contribution is 7.89. The van der Waals surface area contributed by atoms with E-state index in [4.69, 9.17) is 4.74 Å². The second-order valence-electron chi connectivity index (χ2n) is 5.53. The van der Waals surface area contributed by atoms with E-state index in [-0.39, 0.29) is 23.5 Å². The van der Waals surface area contributed by atoms with E-state index in [1.54, 1.807) is 17.0 Å². The van der Waals surface area contributed by atoms with Gasteiger partial charge in [-0.3, -0.25) is 4.79 Å². The highest BCUT2D eigenvalue weighted by Crippen LogP contribution is 2.30. The maximum absolute atomic E-state index is 12.2. The molecule has 6 nitrogen and oxygen atoms in total. The van der Waals surface area contributed by atoms with Gasteiger partial charge in [0.05, 0.1) is 17.6 Å². The molecule has 1 aromatic rings. The molecule has 1 amide bonds. The van der Waals surface area contributed by atoms with Crippen molar-refractivity contribution < 1.29 is 17.9 Å². The van der Waals surface area contributed by atoms with Crippen molar-refractivity contribution in [1.29, 1.82) is 0 Å². The third-order valence-corrected chi connectivity index (χ3v) is 4.94. The summed E-state index contributed by atoms with van der Waals surface area (Å²) in [4.78, 5) is 13.4. The third kappa shape index (κ3) is 3.85. The molecule has 0 fully saturated rings. The Hall–Kier alpha value is -1.44. The van der Waals surface area contributed by atoms with Gasteiger partial charge in [0.1, 0.15) is 0 Å². The van der Waals surface area contributed by atoms with E-state index in [0.29, 0.717) is 19.6 Å². The molecule has 1 N–H and O–H groups in total. The molecule has 1 aromatic carbocycles. The van der Waals surface area contributed by atoms with Crippen LogP contribution in [0.5, 0.6) is 0 Å². The Labute approximate surface area is 131 Å². The second kappa shape index (κ2) is 6.76. The average molecular weight is 326 g/mol. The van der Waals surface area contributed by atoms with Crippen molar-refractivity contribution in [2.45, 2.75) is 38.2 Å². The van der Waals surface area contributed by atoms with Crippen LogP contribution < -0.4 is 9.62 Å². The summed E-state index contributed by atoms with van der Waals surface area (Å²) >= 11 is 0. The van der Waals surface area contributed by atoms with Gasteiger partial charge in [-0.25, -0.2) is 13.1 Å². The number of ether oxygens (including phenoxy) is 1. The SMILES string of the molecule is CC(=O)N1CCc2cc(S(=O)(=O)NCCOC(C)C)ccc21. The van der Waals surface area contributed by atoms with Crippen LogP contribution in [0.2, 0.25) is 0 Å². The number of carbonyl (C=O) groups excluding carboxylic acids is 1. The minimum absolute atomic E-state index is 0.0293. The highest BCUT2D eigenvalue weighted by Gasteiger charge is 2.24. The minimum Gasteiger partial charge on any atom is -0.377 e. The lowest BCUT2D eigenvalue weighted by Crippen LogP contribution is -2.28. The molecule has 0 unspecified atom stereocenters. The summed E-state index contributed by atoms with van der Waals surface area (Å²) in [5.41, 5.74) is 1.69. The largest absolute Gasteiger partial charge is 0.377 e. The van der Waals surface area contributed by atoms with Gasteiger partial charge >= 0.3 is 0 Å². The number of benzene rings is 1. The first kappa shape index (κ1) is 16.9. The van der Waals surface area contributed by atoms with Crippen LogP contribution in [0.4, 0.5) is 5.69 Å². The van der Waals surface area contributed by atoms with Gasteiger partial charge in [0, 0.05) is 25.7 Å². The van der Waals surface area contributed by atoms with Gasteiger partial charge in [0.25, 0.3) is 0 Å². The molecule has 0 saturated heterocycles. The van der Waals surface area contributed by atoms with Crippen molar-refractivity contribution in [3.63, 3.8) is 0 Å². The number of rotatable bonds is 6. The Morgan fingerprint density at radius 3 is 2.77 bits per heavy atom. The number of sulfonamides is 1. The molecule has 122 valence electrons. The molecular formula is C15H22N2O4S. The van der Waals surface area contributed by atoms with Crippen molar-refractivity contribution >= 4 is 21.6 Å². The normalized spacial score (nSPS) is 14.5. The maximum Gasteiger partial charge on any atom is 0.240 e. The third-order valence-electron chi connectivity index (χ3n) is 3.48. The van der Waals surface area contributed by atoms with E-state index in [1.165, 1.54) is 13.0 Å². The molecule has 0 bridgehead atoms. The van der Waals surface area contributed by atoms with Crippen molar-refractivity contribution in [2.24, 2.45) is 0 Å². The lowest BCUT2D eigenvalue weighted by atomic mass is 10.2. The summed E-state index contributed by atoms with van der Waals surface area (Å²) in [6, 6.07) is 4.87. The molecule has 1 heterocycles. The van der Waals surface area contributed by atoms with Crippen LogP contribution in [-0.4, -0.2) is 40.1 Å². The number of fused-ring (bicyclic) bond motifs is 1. The number of hydrogen-bond donors (Lipinski definition) is 1. The fourth-order valence-corrected chi connectivity index (χ4v) is 3.49. The number of amides is 1. The molecule has 2 rings (SSSR count). The molecule has 1 aliphatic heterocycles. The quantitative estimate of drug-likeness (QED) is 0.800. The van der Waals surface area contributed by atoms with Crippen LogP contribution in [0.1, 0.15) is 26.3 Å². The number of nitrogens with one attached hydrogen (secondary N) is 1. The van der Waals surface area contributed by atoms with Crippen molar-refractivity contribution in [2.75, 3.05) is 24.6 Å². The number of hydrogen-bond acceptors (Lipinski definition) is 4. The molecule has 0 spiro atoms.